The zero-order valence-corrected chi connectivity index (χ0v) is 14.4. The molecule has 0 atom stereocenters. The first-order valence-electron chi connectivity index (χ1n) is 7.44. The number of nitrogens with zero attached hydrogens (tertiary/aromatic N) is 2. The van der Waals surface area contributed by atoms with E-state index in [1.54, 1.807) is 35.0 Å². The lowest BCUT2D eigenvalue weighted by Crippen LogP contribution is -2.42. The zero-order valence-electron chi connectivity index (χ0n) is 12.8. The van der Waals surface area contributed by atoms with Crippen molar-refractivity contribution in [3.63, 3.8) is 0 Å². The normalized spacial score (nSPS) is 17.1. The van der Waals surface area contributed by atoms with E-state index in [0.717, 1.165) is 47.9 Å². The first kappa shape index (κ1) is 16.8. The standard InChI is InChI=1S/C15H24N2O2S2/c1-12-16-13(10-21-12)9-20-8-5-14(18)17(2)11-15(19)6-3-4-7-15/h10,19H,3-9,11H2,1-2H3. The smallest absolute Gasteiger partial charge is 0.223 e. The number of thioether (sulfide) groups is 1. The number of amides is 1. The topological polar surface area (TPSA) is 53.4 Å². The molecular weight excluding hydrogens is 304 g/mol. The van der Waals surface area contributed by atoms with Crippen LogP contribution in [0.2, 0.25) is 0 Å². The van der Waals surface area contributed by atoms with E-state index < -0.39 is 5.60 Å². The average molecular weight is 329 g/mol. The summed E-state index contributed by atoms with van der Waals surface area (Å²) in [6.45, 7) is 2.48. The van der Waals surface area contributed by atoms with Crippen molar-refractivity contribution in [1.82, 2.24) is 9.88 Å². The van der Waals surface area contributed by atoms with E-state index >= 15 is 0 Å². The maximum atomic E-state index is 12.1. The van der Waals surface area contributed by atoms with E-state index in [-0.39, 0.29) is 5.91 Å². The van der Waals surface area contributed by atoms with Crippen LogP contribution in [0.3, 0.4) is 0 Å². The highest BCUT2D eigenvalue weighted by Gasteiger charge is 2.33. The number of likely N-dealkylation sites (N-methyl/N-ethyl adjacent to an activating group) is 1. The van der Waals surface area contributed by atoms with Crippen LogP contribution in [0.1, 0.15) is 42.8 Å². The highest BCUT2D eigenvalue weighted by atomic mass is 32.2. The third kappa shape index (κ3) is 5.27. The van der Waals surface area contributed by atoms with Crippen molar-refractivity contribution in [3.05, 3.63) is 16.1 Å². The van der Waals surface area contributed by atoms with Crippen LogP contribution >= 0.6 is 23.1 Å². The van der Waals surface area contributed by atoms with Crippen LogP contribution in [0.5, 0.6) is 0 Å². The molecule has 0 unspecified atom stereocenters. The van der Waals surface area contributed by atoms with E-state index in [4.69, 9.17) is 0 Å². The highest BCUT2D eigenvalue weighted by Crippen LogP contribution is 2.30. The van der Waals surface area contributed by atoms with Gasteiger partial charge < -0.3 is 10.0 Å². The summed E-state index contributed by atoms with van der Waals surface area (Å²) in [6.07, 6.45) is 4.31. The molecule has 1 fully saturated rings. The summed E-state index contributed by atoms with van der Waals surface area (Å²) in [6, 6.07) is 0. The molecule has 1 amide bonds. The van der Waals surface area contributed by atoms with Crippen LogP contribution in [0.4, 0.5) is 0 Å². The summed E-state index contributed by atoms with van der Waals surface area (Å²) in [4.78, 5) is 18.2. The van der Waals surface area contributed by atoms with Gasteiger partial charge in [-0.25, -0.2) is 4.98 Å². The Labute approximate surface area is 135 Å². The SMILES string of the molecule is Cc1nc(CSCCC(=O)N(C)CC2(O)CCCC2)cs1. The molecule has 118 valence electrons. The summed E-state index contributed by atoms with van der Waals surface area (Å²) in [5.74, 6) is 1.79. The van der Waals surface area contributed by atoms with Crippen molar-refractivity contribution >= 4 is 29.0 Å². The molecule has 0 aromatic carbocycles. The van der Waals surface area contributed by atoms with Gasteiger partial charge in [0.2, 0.25) is 5.91 Å². The van der Waals surface area contributed by atoms with Crippen molar-refractivity contribution in [2.45, 2.75) is 50.4 Å². The number of aromatic nitrogens is 1. The largest absolute Gasteiger partial charge is 0.388 e. The number of carbonyl (C=O) groups is 1. The molecule has 0 spiro atoms. The van der Waals surface area contributed by atoms with E-state index in [1.165, 1.54) is 0 Å². The lowest BCUT2D eigenvalue weighted by atomic mass is 10.0. The highest BCUT2D eigenvalue weighted by molar-refractivity contribution is 7.98. The Balaban J connectivity index is 1.64. The molecule has 1 aromatic heterocycles. The third-order valence-electron chi connectivity index (χ3n) is 3.87. The molecular formula is C15H24N2O2S2. The van der Waals surface area contributed by atoms with Gasteiger partial charge in [0.15, 0.2) is 0 Å². The van der Waals surface area contributed by atoms with Gasteiger partial charge in [0.05, 0.1) is 16.3 Å². The molecule has 0 radical (unpaired) electrons. The van der Waals surface area contributed by atoms with E-state index in [0.29, 0.717) is 13.0 Å². The fourth-order valence-electron chi connectivity index (χ4n) is 2.72. The number of rotatable bonds is 7. The molecule has 2 rings (SSSR count). The average Bonchev–Trinajstić information content (AvgIpc) is 3.03. The van der Waals surface area contributed by atoms with E-state index in [1.807, 2.05) is 6.92 Å². The molecule has 0 saturated heterocycles. The van der Waals surface area contributed by atoms with Gasteiger partial charge in [0.25, 0.3) is 0 Å². The Morgan fingerprint density at radius 2 is 2.24 bits per heavy atom. The van der Waals surface area contributed by atoms with Crippen molar-refractivity contribution in [1.29, 1.82) is 0 Å². The zero-order chi connectivity index (χ0) is 15.3. The minimum Gasteiger partial charge on any atom is -0.388 e. The summed E-state index contributed by atoms with van der Waals surface area (Å²) in [5.41, 5.74) is 0.457. The predicted molar refractivity (Wildman–Crippen MR) is 88.7 cm³/mol. The minimum absolute atomic E-state index is 0.122. The van der Waals surface area contributed by atoms with Crippen molar-refractivity contribution in [2.24, 2.45) is 0 Å². The van der Waals surface area contributed by atoms with Crippen LogP contribution in [0.25, 0.3) is 0 Å². The van der Waals surface area contributed by atoms with Crippen LogP contribution in [0.15, 0.2) is 5.38 Å². The fourth-order valence-corrected chi connectivity index (χ4v) is 4.26. The maximum absolute atomic E-state index is 12.1. The molecule has 0 aliphatic heterocycles. The van der Waals surface area contributed by atoms with Gasteiger partial charge >= 0.3 is 0 Å². The van der Waals surface area contributed by atoms with E-state index in [9.17, 15) is 9.90 Å². The Hall–Kier alpha value is -0.590. The Bertz CT molecular complexity index is 470. The van der Waals surface area contributed by atoms with Gasteiger partial charge in [-0.3, -0.25) is 4.79 Å². The summed E-state index contributed by atoms with van der Waals surface area (Å²) < 4.78 is 0. The van der Waals surface area contributed by atoms with Gasteiger partial charge in [-0.15, -0.1) is 11.3 Å². The lowest BCUT2D eigenvalue weighted by Gasteiger charge is -2.28. The van der Waals surface area contributed by atoms with Gasteiger partial charge in [0.1, 0.15) is 0 Å². The second kappa shape index (κ2) is 7.61. The second-order valence-electron chi connectivity index (χ2n) is 5.84. The number of hydrogen-bond donors (Lipinski definition) is 1. The summed E-state index contributed by atoms with van der Waals surface area (Å²) in [5, 5.41) is 13.5. The first-order chi connectivity index (χ1) is 9.98. The van der Waals surface area contributed by atoms with Gasteiger partial charge in [-0.2, -0.15) is 11.8 Å². The second-order valence-corrected chi connectivity index (χ2v) is 8.01. The Morgan fingerprint density at radius 1 is 1.52 bits per heavy atom. The number of hydrogen-bond acceptors (Lipinski definition) is 5. The van der Waals surface area contributed by atoms with Crippen molar-refractivity contribution in [2.75, 3.05) is 19.3 Å². The molecule has 1 aromatic rings. The Kier molecular flexibility index (Phi) is 6.08. The monoisotopic (exact) mass is 328 g/mol. The molecule has 1 N–H and O–H groups in total. The quantitative estimate of drug-likeness (QED) is 0.782. The fraction of sp³-hybridized carbons (Fsp3) is 0.733. The number of aryl methyl sites for hydroxylation is 1. The minimum atomic E-state index is -0.643. The molecule has 6 heteroatoms. The molecule has 1 saturated carbocycles. The number of aliphatic hydroxyl groups is 1. The van der Waals surface area contributed by atoms with E-state index in [2.05, 4.69) is 10.4 Å². The van der Waals surface area contributed by atoms with Crippen LogP contribution in [-0.2, 0) is 10.5 Å². The molecule has 4 nitrogen and oxygen atoms in total. The van der Waals surface area contributed by atoms with Crippen LogP contribution < -0.4 is 0 Å². The summed E-state index contributed by atoms with van der Waals surface area (Å²) in [7, 11) is 1.80. The first-order valence-corrected chi connectivity index (χ1v) is 9.47. The van der Waals surface area contributed by atoms with Crippen molar-refractivity contribution < 1.29 is 9.90 Å². The van der Waals surface area contributed by atoms with Crippen LogP contribution in [0, 0.1) is 6.92 Å². The molecule has 1 heterocycles. The molecule has 1 aliphatic carbocycles. The maximum Gasteiger partial charge on any atom is 0.223 e. The lowest BCUT2D eigenvalue weighted by molar-refractivity contribution is -0.132. The number of thiazole rings is 1. The molecule has 21 heavy (non-hydrogen) atoms. The summed E-state index contributed by atoms with van der Waals surface area (Å²) >= 11 is 3.40. The molecule has 0 bridgehead atoms. The molecule has 1 aliphatic rings. The van der Waals surface area contributed by atoms with Gasteiger partial charge in [-0.1, -0.05) is 12.8 Å². The predicted octanol–water partition coefficient (Wildman–Crippen LogP) is 2.84. The van der Waals surface area contributed by atoms with Gasteiger partial charge in [0, 0.05) is 36.9 Å². The van der Waals surface area contributed by atoms with Crippen LogP contribution in [-0.4, -0.2) is 45.8 Å². The van der Waals surface area contributed by atoms with Gasteiger partial charge in [-0.05, 0) is 19.8 Å². The number of carbonyl (C=O) groups excluding carboxylic acids is 1. The third-order valence-corrected chi connectivity index (χ3v) is 5.68. The van der Waals surface area contributed by atoms with Crippen molar-refractivity contribution in [3.8, 4) is 0 Å². The Morgan fingerprint density at radius 3 is 2.86 bits per heavy atom.